The number of hydrogen-bond acceptors (Lipinski definition) is 3. The highest BCUT2D eigenvalue weighted by atomic mass is 16.5. The maximum absolute atomic E-state index is 13.7. The van der Waals surface area contributed by atoms with Crippen LogP contribution in [0.1, 0.15) is 48.6 Å². The van der Waals surface area contributed by atoms with Gasteiger partial charge in [-0.1, -0.05) is 72.3 Å². The Morgan fingerprint density at radius 3 is 2.19 bits per heavy atom. The Kier molecular flexibility index (Phi) is 8.92. The van der Waals surface area contributed by atoms with E-state index in [2.05, 4.69) is 5.32 Å². The maximum Gasteiger partial charge on any atom is 0.261 e. The molecule has 5 heteroatoms. The number of amides is 2. The number of rotatable bonds is 9. The molecule has 2 amide bonds. The minimum atomic E-state index is -0.693. The lowest BCUT2D eigenvalue weighted by molar-refractivity contribution is -0.143. The highest BCUT2D eigenvalue weighted by Gasteiger charge is 2.32. The number of aryl methyl sites for hydroxylation is 3. The predicted molar refractivity (Wildman–Crippen MR) is 145 cm³/mol. The van der Waals surface area contributed by atoms with Gasteiger partial charge in [-0.2, -0.15) is 0 Å². The number of carbonyl (C=O) groups excluding carboxylic acids is 2. The second kappa shape index (κ2) is 11.9. The van der Waals surface area contributed by atoms with Crippen LogP contribution in [0.3, 0.4) is 0 Å². The van der Waals surface area contributed by atoms with Crippen molar-refractivity contribution >= 4 is 11.8 Å². The molecule has 1 N–H and O–H groups in total. The average Bonchev–Trinajstić information content (AvgIpc) is 2.81. The zero-order valence-electron chi connectivity index (χ0n) is 22.3. The van der Waals surface area contributed by atoms with Gasteiger partial charge in [-0.3, -0.25) is 9.59 Å². The standard InChI is InChI=1S/C31H38N2O3/c1-22-11-10-14-26(17-22)20-33(29(34)21-36-28-18-23(2)15-16-24(28)3)27(30(35)32-31(4,5)6)19-25-12-8-7-9-13-25/h7-18,27H,19-21H2,1-6H3,(H,32,35). The molecule has 0 spiro atoms. The van der Waals surface area contributed by atoms with E-state index in [-0.39, 0.29) is 18.4 Å². The molecular formula is C31H38N2O3. The van der Waals surface area contributed by atoms with E-state index in [4.69, 9.17) is 4.74 Å². The van der Waals surface area contributed by atoms with E-state index in [1.54, 1.807) is 4.90 Å². The number of benzene rings is 3. The highest BCUT2D eigenvalue weighted by Crippen LogP contribution is 2.21. The molecule has 0 saturated carbocycles. The third kappa shape index (κ3) is 7.98. The van der Waals surface area contributed by atoms with E-state index in [9.17, 15) is 9.59 Å². The van der Waals surface area contributed by atoms with Gasteiger partial charge in [0.25, 0.3) is 5.91 Å². The van der Waals surface area contributed by atoms with Crippen molar-refractivity contribution in [2.45, 2.75) is 66.1 Å². The largest absolute Gasteiger partial charge is 0.483 e. The average molecular weight is 487 g/mol. The summed E-state index contributed by atoms with van der Waals surface area (Å²) in [5.41, 5.74) is 4.65. The molecule has 0 fully saturated rings. The third-order valence-corrected chi connectivity index (χ3v) is 5.90. The van der Waals surface area contributed by atoms with Crippen molar-refractivity contribution in [1.82, 2.24) is 10.2 Å². The van der Waals surface area contributed by atoms with Gasteiger partial charge in [0.2, 0.25) is 5.91 Å². The maximum atomic E-state index is 13.7. The summed E-state index contributed by atoms with van der Waals surface area (Å²) in [6, 6.07) is 23.1. The van der Waals surface area contributed by atoms with Crippen molar-refractivity contribution < 1.29 is 14.3 Å². The molecule has 0 radical (unpaired) electrons. The summed E-state index contributed by atoms with van der Waals surface area (Å²) in [5, 5.41) is 3.09. The van der Waals surface area contributed by atoms with Crippen molar-refractivity contribution in [2.75, 3.05) is 6.61 Å². The normalized spacial score (nSPS) is 12.1. The van der Waals surface area contributed by atoms with Gasteiger partial charge >= 0.3 is 0 Å². The fraction of sp³-hybridized carbons (Fsp3) is 0.355. The highest BCUT2D eigenvalue weighted by molar-refractivity contribution is 5.89. The fourth-order valence-electron chi connectivity index (χ4n) is 4.10. The molecule has 0 heterocycles. The first-order valence-electron chi connectivity index (χ1n) is 12.4. The molecule has 0 aliphatic rings. The van der Waals surface area contributed by atoms with E-state index in [0.717, 1.165) is 27.8 Å². The van der Waals surface area contributed by atoms with Gasteiger partial charge in [0.15, 0.2) is 6.61 Å². The van der Waals surface area contributed by atoms with Crippen LogP contribution >= 0.6 is 0 Å². The van der Waals surface area contributed by atoms with Crippen molar-refractivity contribution in [3.8, 4) is 5.75 Å². The van der Waals surface area contributed by atoms with E-state index in [0.29, 0.717) is 18.7 Å². The third-order valence-electron chi connectivity index (χ3n) is 5.90. The molecule has 0 aliphatic heterocycles. The molecule has 0 aromatic heterocycles. The zero-order valence-corrected chi connectivity index (χ0v) is 22.3. The summed E-state index contributed by atoms with van der Waals surface area (Å²) in [6.45, 7) is 12.0. The predicted octanol–water partition coefficient (Wildman–Crippen LogP) is 5.55. The summed E-state index contributed by atoms with van der Waals surface area (Å²) in [5.74, 6) is 0.263. The van der Waals surface area contributed by atoms with Gasteiger partial charge in [-0.25, -0.2) is 0 Å². The van der Waals surface area contributed by atoms with Crippen LogP contribution in [0.5, 0.6) is 5.75 Å². The molecule has 3 rings (SSSR count). The topological polar surface area (TPSA) is 58.6 Å². The first-order chi connectivity index (χ1) is 17.0. The Labute approximate surface area is 215 Å². The van der Waals surface area contributed by atoms with Gasteiger partial charge in [-0.05, 0) is 69.9 Å². The number of nitrogens with zero attached hydrogens (tertiary/aromatic N) is 1. The summed E-state index contributed by atoms with van der Waals surface area (Å²) in [4.78, 5) is 29.0. The van der Waals surface area contributed by atoms with Crippen molar-refractivity contribution in [2.24, 2.45) is 0 Å². The van der Waals surface area contributed by atoms with Gasteiger partial charge < -0.3 is 15.0 Å². The van der Waals surface area contributed by atoms with E-state index < -0.39 is 11.6 Å². The second-order valence-electron chi connectivity index (χ2n) is 10.5. The van der Waals surface area contributed by atoms with Crippen LogP contribution in [-0.4, -0.2) is 34.9 Å². The second-order valence-corrected chi connectivity index (χ2v) is 10.5. The molecule has 3 aromatic rings. The lowest BCUT2D eigenvalue weighted by atomic mass is 10.0. The molecule has 1 unspecified atom stereocenters. The summed E-state index contributed by atoms with van der Waals surface area (Å²) < 4.78 is 5.98. The number of hydrogen-bond donors (Lipinski definition) is 1. The van der Waals surface area contributed by atoms with Crippen molar-refractivity contribution in [1.29, 1.82) is 0 Å². The lowest BCUT2D eigenvalue weighted by Crippen LogP contribution is -2.55. The first kappa shape index (κ1) is 27.0. The van der Waals surface area contributed by atoms with E-state index >= 15 is 0 Å². The van der Waals surface area contributed by atoms with Gasteiger partial charge in [0.1, 0.15) is 11.8 Å². The summed E-state index contributed by atoms with van der Waals surface area (Å²) in [7, 11) is 0. The Morgan fingerprint density at radius 2 is 1.53 bits per heavy atom. The molecule has 36 heavy (non-hydrogen) atoms. The number of carbonyl (C=O) groups is 2. The lowest BCUT2D eigenvalue weighted by Gasteiger charge is -2.34. The molecule has 0 aliphatic carbocycles. The molecule has 3 aromatic carbocycles. The number of ether oxygens (including phenoxy) is 1. The quantitative estimate of drug-likeness (QED) is 0.432. The summed E-state index contributed by atoms with van der Waals surface area (Å²) in [6.07, 6.45) is 0.407. The molecule has 1 atom stereocenters. The minimum absolute atomic E-state index is 0.149. The zero-order chi connectivity index (χ0) is 26.3. The van der Waals surface area contributed by atoms with Crippen LogP contribution in [0.15, 0.2) is 72.8 Å². The smallest absolute Gasteiger partial charge is 0.261 e. The van der Waals surface area contributed by atoms with Crippen LogP contribution in [0.25, 0.3) is 0 Å². The molecule has 190 valence electrons. The van der Waals surface area contributed by atoms with E-state index in [1.165, 1.54) is 0 Å². The van der Waals surface area contributed by atoms with Crippen LogP contribution in [0.4, 0.5) is 0 Å². The Hall–Kier alpha value is -3.60. The Bertz CT molecular complexity index is 1180. The van der Waals surface area contributed by atoms with Crippen LogP contribution in [0.2, 0.25) is 0 Å². The van der Waals surface area contributed by atoms with Crippen LogP contribution in [-0.2, 0) is 22.6 Å². The molecule has 5 nitrogen and oxygen atoms in total. The van der Waals surface area contributed by atoms with Crippen molar-refractivity contribution in [3.05, 3.63) is 101 Å². The monoisotopic (exact) mass is 486 g/mol. The SMILES string of the molecule is Cc1cccc(CN(C(=O)COc2cc(C)ccc2C)C(Cc2ccccc2)C(=O)NC(C)(C)C)c1. The van der Waals surface area contributed by atoms with Crippen molar-refractivity contribution in [3.63, 3.8) is 0 Å². The molecular weight excluding hydrogens is 448 g/mol. The number of nitrogens with one attached hydrogen (secondary N) is 1. The van der Waals surface area contributed by atoms with Gasteiger partial charge in [0.05, 0.1) is 0 Å². The molecule has 0 bridgehead atoms. The van der Waals surface area contributed by atoms with Crippen LogP contribution in [0, 0.1) is 20.8 Å². The van der Waals surface area contributed by atoms with Gasteiger partial charge in [0, 0.05) is 18.5 Å². The first-order valence-corrected chi connectivity index (χ1v) is 12.4. The van der Waals surface area contributed by atoms with Gasteiger partial charge in [-0.15, -0.1) is 0 Å². The molecule has 0 saturated heterocycles. The summed E-state index contributed by atoms with van der Waals surface area (Å²) >= 11 is 0. The minimum Gasteiger partial charge on any atom is -0.483 e. The van der Waals surface area contributed by atoms with E-state index in [1.807, 2.05) is 114 Å². The van der Waals surface area contributed by atoms with Crippen LogP contribution < -0.4 is 10.1 Å². The Balaban J connectivity index is 1.95. The fourth-order valence-corrected chi connectivity index (χ4v) is 4.10. The Morgan fingerprint density at radius 1 is 0.861 bits per heavy atom.